The number of hydrogen-bond donors (Lipinski definition) is 1. The third-order valence-corrected chi connectivity index (χ3v) is 3.08. The predicted octanol–water partition coefficient (Wildman–Crippen LogP) is 4.39. The van der Waals surface area contributed by atoms with Crippen molar-refractivity contribution in [2.75, 3.05) is 5.32 Å². The van der Waals surface area contributed by atoms with Crippen LogP contribution < -0.4 is 5.32 Å². The number of aromatic nitrogens is 2. The van der Waals surface area contributed by atoms with Crippen LogP contribution in [0.1, 0.15) is 36.8 Å². The molecule has 0 radical (unpaired) electrons. The van der Waals surface area contributed by atoms with Crippen LogP contribution >= 0.6 is 11.6 Å². The third kappa shape index (κ3) is 3.67. The van der Waals surface area contributed by atoms with Gasteiger partial charge < -0.3 is 5.32 Å². The van der Waals surface area contributed by atoms with Crippen molar-refractivity contribution in [2.24, 2.45) is 0 Å². The van der Waals surface area contributed by atoms with Gasteiger partial charge in [0, 0.05) is 29.2 Å². The molecule has 3 nitrogen and oxygen atoms in total. The zero-order valence-electron chi connectivity index (χ0n) is 11.4. The van der Waals surface area contributed by atoms with E-state index in [1.54, 1.807) is 0 Å². The number of rotatable bonds is 4. The second kappa shape index (κ2) is 6.02. The lowest BCUT2D eigenvalue weighted by atomic mass is 10.2. The third-order valence-electron chi connectivity index (χ3n) is 2.77. The van der Waals surface area contributed by atoms with Crippen molar-refractivity contribution in [2.45, 2.75) is 32.6 Å². The van der Waals surface area contributed by atoms with Crippen LogP contribution in [0.3, 0.4) is 0 Å². The summed E-state index contributed by atoms with van der Waals surface area (Å²) in [4.78, 5) is 8.96. The number of alkyl halides is 1. The highest BCUT2D eigenvalue weighted by molar-refractivity contribution is 6.17. The Hall–Kier alpha value is -1.61. The first-order chi connectivity index (χ1) is 9.08. The van der Waals surface area contributed by atoms with Gasteiger partial charge >= 0.3 is 0 Å². The van der Waals surface area contributed by atoms with Crippen molar-refractivity contribution in [3.63, 3.8) is 0 Å². The lowest BCUT2D eigenvalue weighted by Gasteiger charge is -2.10. The van der Waals surface area contributed by atoms with Gasteiger partial charge in [0.25, 0.3) is 0 Å². The molecule has 100 valence electrons. The number of halogens is 1. The maximum atomic E-state index is 5.77. The first-order valence-electron chi connectivity index (χ1n) is 6.36. The molecule has 0 fully saturated rings. The van der Waals surface area contributed by atoms with Crippen LogP contribution in [-0.2, 0) is 5.88 Å². The molecule has 1 heterocycles. The first-order valence-corrected chi connectivity index (χ1v) is 6.89. The van der Waals surface area contributed by atoms with Gasteiger partial charge in [-0.1, -0.05) is 26.0 Å². The van der Waals surface area contributed by atoms with E-state index in [1.807, 2.05) is 37.3 Å². The first kappa shape index (κ1) is 13.8. The summed E-state index contributed by atoms with van der Waals surface area (Å²) in [6, 6.07) is 9.97. The molecule has 0 aliphatic carbocycles. The fraction of sp³-hybridized carbons (Fsp3) is 0.333. The number of hydrogen-bond acceptors (Lipinski definition) is 3. The number of anilines is 2. The molecule has 0 spiro atoms. The van der Waals surface area contributed by atoms with Gasteiger partial charge in [-0.2, -0.15) is 0 Å². The molecule has 1 aromatic heterocycles. The molecule has 0 bridgehead atoms. The number of nitrogens with one attached hydrogen (secondary N) is 1. The van der Waals surface area contributed by atoms with Gasteiger partial charge in [-0.3, -0.25) is 0 Å². The average Bonchev–Trinajstić information content (AvgIpc) is 2.39. The minimum absolute atomic E-state index is 0.319. The van der Waals surface area contributed by atoms with E-state index in [2.05, 4.69) is 29.1 Å². The Morgan fingerprint density at radius 2 is 1.84 bits per heavy atom. The summed E-state index contributed by atoms with van der Waals surface area (Å²) in [5.74, 6) is 2.54. The summed E-state index contributed by atoms with van der Waals surface area (Å²) >= 11 is 5.77. The summed E-state index contributed by atoms with van der Waals surface area (Å²) in [5.41, 5.74) is 3.08. The van der Waals surface area contributed by atoms with Crippen LogP contribution in [0.25, 0.3) is 0 Å². The smallest absolute Gasteiger partial charge is 0.134 e. The van der Waals surface area contributed by atoms with Crippen LogP contribution in [0.15, 0.2) is 30.3 Å². The van der Waals surface area contributed by atoms with Crippen molar-refractivity contribution in [3.05, 3.63) is 47.4 Å². The number of nitrogens with zero attached hydrogens (tertiary/aromatic N) is 2. The minimum atomic E-state index is 0.319. The highest BCUT2D eigenvalue weighted by Crippen LogP contribution is 2.19. The molecular weight excluding hydrogens is 258 g/mol. The molecule has 0 aliphatic rings. The van der Waals surface area contributed by atoms with E-state index in [1.165, 1.54) is 0 Å². The maximum Gasteiger partial charge on any atom is 0.134 e. The molecule has 0 aliphatic heterocycles. The highest BCUT2D eigenvalue weighted by atomic mass is 35.5. The molecule has 0 unspecified atom stereocenters. The van der Waals surface area contributed by atoms with Crippen molar-refractivity contribution in [3.8, 4) is 0 Å². The van der Waals surface area contributed by atoms with E-state index < -0.39 is 0 Å². The Balaban J connectivity index is 2.22. The van der Waals surface area contributed by atoms with E-state index in [4.69, 9.17) is 11.6 Å². The molecular formula is C15H18ClN3. The summed E-state index contributed by atoms with van der Waals surface area (Å²) in [6.45, 7) is 6.16. The van der Waals surface area contributed by atoms with E-state index in [0.29, 0.717) is 11.8 Å². The van der Waals surface area contributed by atoms with Crippen LogP contribution in [0.5, 0.6) is 0 Å². The van der Waals surface area contributed by atoms with Gasteiger partial charge in [-0.25, -0.2) is 9.97 Å². The minimum Gasteiger partial charge on any atom is -0.340 e. The zero-order chi connectivity index (χ0) is 13.8. The van der Waals surface area contributed by atoms with E-state index >= 15 is 0 Å². The molecule has 4 heteroatoms. The second-order valence-electron chi connectivity index (χ2n) is 4.86. The fourth-order valence-electron chi connectivity index (χ4n) is 1.74. The monoisotopic (exact) mass is 275 g/mol. The van der Waals surface area contributed by atoms with Crippen molar-refractivity contribution < 1.29 is 0 Å². The summed E-state index contributed by atoms with van der Waals surface area (Å²) in [5, 5.41) is 3.30. The van der Waals surface area contributed by atoms with Gasteiger partial charge in [-0.15, -0.1) is 11.6 Å². The quantitative estimate of drug-likeness (QED) is 0.841. The van der Waals surface area contributed by atoms with E-state index in [0.717, 1.165) is 28.6 Å². The van der Waals surface area contributed by atoms with Gasteiger partial charge in [0.05, 0.1) is 0 Å². The Kier molecular flexibility index (Phi) is 4.38. The second-order valence-corrected chi connectivity index (χ2v) is 5.13. The molecule has 1 aromatic carbocycles. The van der Waals surface area contributed by atoms with E-state index in [9.17, 15) is 0 Å². The topological polar surface area (TPSA) is 37.8 Å². The molecule has 0 saturated carbocycles. The van der Waals surface area contributed by atoms with Crippen molar-refractivity contribution in [1.29, 1.82) is 0 Å². The summed E-state index contributed by atoms with van der Waals surface area (Å²) in [6.07, 6.45) is 0. The van der Waals surface area contributed by atoms with Crippen LogP contribution in [0.4, 0.5) is 11.5 Å². The number of benzene rings is 1. The van der Waals surface area contributed by atoms with Crippen LogP contribution in [-0.4, -0.2) is 9.97 Å². The van der Waals surface area contributed by atoms with Gasteiger partial charge in [0.2, 0.25) is 0 Å². The normalized spacial score (nSPS) is 10.8. The predicted molar refractivity (Wildman–Crippen MR) is 80.1 cm³/mol. The van der Waals surface area contributed by atoms with E-state index in [-0.39, 0.29) is 0 Å². The standard InChI is InChI=1S/C15H18ClN3/c1-10(2)15-17-11(3)8-14(19-15)18-13-6-4-12(9-16)5-7-13/h4-8,10H,9H2,1-3H3,(H,17,18,19). The SMILES string of the molecule is Cc1cc(Nc2ccc(CCl)cc2)nc(C(C)C)n1. The van der Waals surface area contributed by atoms with Crippen molar-refractivity contribution in [1.82, 2.24) is 9.97 Å². The lowest BCUT2D eigenvalue weighted by Crippen LogP contribution is -2.03. The fourth-order valence-corrected chi connectivity index (χ4v) is 1.92. The summed E-state index contributed by atoms with van der Waals surface area (Å²) < 4.78 is 0. The highest BCUT2D eigenvalue weighted by Gasteiger charge is 2.06. The molecule has 2 rings (SSSR count). The molecule has 19 heavy (non-hydrogen) atoms. The van der Waals surface area contributed by atoms with Gasteiger partial charge in [0.15, 0.2) is 0 Å². The molecule has 0 saturated heterocycles. The maximum absolute atomic E-state index is 5.77. The largest absolute Gasteiger partial charge is 0.340 e. The summed E-state index contributed by atoms with van der Waals surface area (Å²) in [7, 11) is 0. The Labute approximate surface area is 119 Å². The zero-order valence-corrected chi connectivity index (χ0v) is 12.2. The molecule has 2 aromatic rings. The molecule has 0 atom stereocenters. The lowest BCUT2D eigenvalue weighted by molar-refractivity contribution is 0.768. The van der Waals surface area contributed by atoms with Gasteiger partial charge in [0.1, 0.15) is 11.6 Å². The van der Waals surface area contributed by atoms with Crippen LogP contribution in [0.2, 0.25) is 0 Å². The molecule has 0 amide bonds. The van der Waals surface area contributed by atoms with Crippen molar-refractivity contribution >= 4 is 23.1 Å². The Bertz CT molecular complexity index is 550. The Morgan fingerprint density at radius 3 is 2.42 bits per heavy atom. The van der Waals surface area contributed by atoms with Gasteiger partial charge in [-0.05, 0) is 24.6 Å². The van der Waals surface area contributed by atoms with Crippen LogP contribution in [0, 0.1) is 6.92 Å². The average molecular weight is 276 g/mol. The molecule has 1 N–H and O–H groups in total. The number of aryl methyl sites for hydroxylation is 1. The Morgan fingerprint density at radius 1 is 1.16 bits per heavy atom.